The number of ether oxygens (including phenoxy) is 1. The van der Waals surface area contributed by atoms with Crippen molar-refractivity contribution in [2.24, 2.45) is 0 Å². The monoisotopic (exact) mass is 282 g/mol. The molecule has 0 fully saturated rings. The van der Waals surface area contributed by atoms with Gasteiger partial charge >= 0.3 is 5.97 Å². The standard InChI is InChI=1S/C17H14O4/c18-13-8-6-12(7-9-13)15-14(16(19)21-17(15)20)10-11-4-2-1-3-5-11/h1-9,16,18-19H,10H2. The zero-order valence-electron chi connectivity index (χ0n) is 11.2. The number of carbonyl (C=O) groups excluding carboxylic acids is 1. The summed E-state index contributed by atoms with van der Waals surface area (Å²) in [5.41, 5.74) is 2.52. The molecule has 1 unspecified atom stereocenters. The van der Waals surface area contributed by atoms with Gasteiger partial charge in [-0.1, -0.05) is 42.5 Å². The first kappa shape index (κ1) is 13.4. The van der Waals surface area contributed by atoms with E-state index in [0.717, 1.165) is 5.56 Å². The molecular formula is C17H14O4. The minimum Gasteiger partial charge on any atom is -0.508 e. The number of hydrogen-bond donors (Lipinski definition) is 2. The summed E-state index contributed by atoms with van der Waals surface area (Å²) >= 11 is 0. The molecule has 3 rings (SSSR count). The van der Waals surface area contributed by atoms with Gasteiger partial charge in [0.05, 0.1) is 5.57 Å². The Hall–Kier alpha value is -2.59. The van der Waals surface area contributed by atoms with Crippen LogP contribution in [-0.4, -0.2) is 22.5 Å². The molecule has 0 radical (unpaired) electrons. The number of aromatic hydroxyl groups is 1. The second kappa shape index (κ2) is 5.42. The molecule has 2 N–H and O–H groups in total. The van der Waals surface area contributed by atoms with Crippen LogP contribution in [0, 0.1) is 0 Å². The average molecular weight is 282 g/mol. The zero-order valence-corrected chi connectivity index (χ0v) is 11.2. The smallest absolute Gasteiger partial charge is 0.341 e. The van der Waals surface area contributed by atoms with Crippen LogP contribution >= 0.6 is 0 Å². The van der Waals surface area contributed by atoms with E-state index in [1.54, 1.807) is 12.1 Å². The minimum absolute atomic E-state index is 0.121. The van der Waals surface area contributed by atoms with Gasteiger partial charge in [-0.05, 0) is 23.3 Å². The van der Waals surface area contributed by atoms with E-state index in [-0.39, 0.29) is 5.75 Å². The molecule has 2 aromatic carbocycles. The number of phenolic OH excluding ortho intramolecular Hbond substituents is 1. The third-order valence-corrected chi connectivity index (χ3v) is 3.44. The predicted molar refractivity (Wildman–Crippen MR) is 77.3 cm³/mol. The van der Waals surface area contributed by atoms with E-state index in [1.807, 2.05) is 30.3 Å². The number of esters is 1. The summed E-state index contributed by atoms with van der Waals surface area (Å²) in [6.45, 7) is 0. The largest absolute Gasteiger partial charge is 0.508 e. The van der Waals surface area contributed by atoms with Gasteiger partial charge in [0.25, 0.3) is 0 Å². The highest BCUT2D eigenvalue weighted by Crippen LogP contribution is 2.32. The average Bonchev–Trinajstić information content (AvgIpc) is 2.76. The van der Waals surface area contributed by atoms with Gasteiger partial charge in [0.1, 0.15) is 5.75 Å². The van der Waals surface area contributed by atoms with E-state index in [0.29, 0.717) is 23.1 Å². The molecule has 4 nitrogen and oxygen atoms in total. The maximum absolute atomic E-state index is 12.0. The lowest BCUT2D eigenvalue weighted by Crippen LogP contribution is -2.11. The highest BCUT2D eigenvalue weighted by atomic mass is 16.6. The molecule has 0 saturated heterocycles. The van der Waals surface area contributed by atoms with Crippen LogP contribution < -0.4 is 0 Å². The van der Waals surface area contributed by atoms with Gasteiger partial charge < -0.3 is 14.9 Å². The molecule has 1 heterocycles. The van der Waals surface area contributed by atoms with Gasteiger partial charge in [-0.3, -0.25) is 0 Å². The number of aliphatic hydroxyl groups excluding tert-OH is 1. The Labute approximate surface area is 121 Å². The quantitative estimate of drug-likeness (QED) is 0.847. The van der Waals surface area contributed by atoms with E-state index in [9.17, 15) is 15.0 Å². The lowest BCUT2D eigenvalue weighted by Gasteiger charge is -2.08. The first-order chi connectivity index (χ1) is 10.1. The van der Waals surface area contributed by atoms with Gasteiger partial charge in [-0.15, -0.1) is 0 Å². The van der Waals surface area contributed by atoms with Gasteiger partial charge in [0, 0.05) is 12.0 Å². The number of cyclic esters (lactones) is 1. The first-order valence-corrected chi connectivity index (χ1v) is 6.60. The molecule has 4 heteroatoms. The molecule has 21 heavy (non-hydrogen) atoms. The number of hydrogen-bond acceptors (Lipinski definition) is 4. The van der Waals surface area contributed by atoms with Gasteiger partial charge in [-0.2, -0.15) is 0 Å². The third-order valence-electron chi connectivity index (χ3n) is 3.44. The number of rotatable bonds is 3. The maximum Gasteiger partial charge on any atom is 0.341 e. The number of carbonyl (C=O) groups is 1. The van der Waals surface area contributed by atoms with Gasteiger partial charge in [0.15, 0.2) is 0 Å². The fourth-order valence-electron chi connectivity index (χ4n) is 2.41. The lowest BCUT2D eigenvalue weighted by atomic mass is 9.96. The summed E-state index contributed by atoms with van der Waals surface area (Å²) in [5.74, 6) is -0.421. The van der Waals surface area contributed by atoms with E-state index in [1.165, 1.54) is 12.1 Å². The number of benzene rings is 2. The van der Waals surface area contributed by atoms with Crippen molar-refractivity contribution in [2.75, 3.05) is 0 Å². The van der Waals surface area contributed by atoms with Crippen LogP contribution in [0.1, 0.15) is 11.1 Å². The summed E-state index contributed by atoms with van der Waals surface area (Å²) in [5, 5.41) is 19.3. The molecule has 0 aliphatic carbocycles. The second-order valence-corrected chi connectivity index (χ2v) is 4.87. The van der Waals surface area contributed by atoms with Crippen LogP contribution in [-0.2, 0) is 16.0 Å². The van der Waals surface area contributed by atoms with Crippen LogP contribution in [0.15, 0.2) is 60.2 Å². The molecule has 0 bridgehead atoms. The van der Waals surface area contributed by atoms with E-state index >= 15 is 0 Å². The van der Waals surface area contributed by atoms with Crippen LogP contribution in [0.4, 0.5) is 0 Å². The topological polar surface area (TPSA) is 66.8 Å². The van der Waals surface area contributed by atoms with Crippen molar-refractivity contribution in [1.29, 1.82) is 0 Å². The van der Waals surface area contributed by atoms with Crippen molar-refractivity contribution in [3.8, 4) is 5.75 Å². The van der Waals surface area contributed by atoms with Crippen molar-refractivity contribution in [1.82, 2.24) is 0 Å². The van der Waals surface area contributed by atoms with Crippen molar-refractivity contribution < 1.29 is 19.7 Å². The second-order valence-electron chi connectivity index (χ2n) is 4.87. The number of aliphatic hydroxyl groups is 1. The van der Waals surface area contributed by atoms with Gasteiger partial charge in [0.2, 0.25) is 6.29 Å². The first-order valence-electron chi connectivity index (χ1n) is 6.60. The highest BCUT2D eigenvalue weighted by molar-refractivity contribution is 6.19. The Morgan fingerprint density at radius 1 is 1.00 bits per heavy atom. The summed E-state index contributed by atoms with van der Waals surface area (Å²) in [6, 6.07) is 15.8. The summed E-state index contributed by atoms with van der Waals surface area (Å²) < 4.78 is 4.92. The van der Waals surface area contributed by atoms with Crippen molar-refractivity contribution in [3.05, 3.63) is 71.3 Å². The molecular weight excluding hydrogens is 268 g/mol. The van der Waals surface area contributed by atoms with Crippen LogP contribution in [0.5, 0.6) is 5.75 Å². The van der Waals surface area contributed by atoms with Crippen LogP contribution in [0.25, 0.3) is 5.57 Å². The molecule has 1 atom stereocenters. The molecule has 2 aromatic rings. The van der Waals surface area contributed by atoms with Crippen molar-refractivity contribution >= 4 is 11.5 Å². The molecule has 0 saturated carbocycles. The Kier molecular flexibility index (Phi) is 3.46. The van der Waals surface area contributed by atoms with Crippen molar-refractivity contribution in [3.63, 3.8) is 0 Å². The Bertz CT molecular complexity index is 686. The number of phenols is 1. The molecule has 106 valence electrons. The Balaban J connectivity index is 2.03. The normalized spacial score (nSPS) is 18.0. The van der Waals surface area contributed by atoms with Crippen molar-refractivity contribution in [2.45, 2.75) is 12.7 Å². The molecule has 1 aliphatic rings. The molecule has 1 aliphatic heterocycles. The van der Waals surface area contributed by atoms with Gasteiger partial charge in [-0.25, -0.2) is 4.79 Å². The Morgan fingerprint density at radius 3 is 2.33 bits per heavy atom. The fourth-order valence-corrected chi connectivity index (χ4v) is 2.41. The molecule has 0 spiro atoms. The van der Waals surface area contributed by atoms with Crippen LogP contribution in [0.3, 0.4) is 0 Å². The predicted octanol–water partition coefficient (Wildman–Crippen LogP) is 2.26. The SMILES string of the molecule is O=C1OC(O)C(Cc2ccccc2)=C1c1ccc(O)cc1. The minimum atomic E-state index is -1.22. The maximum atomic E-state index is 12.0. The van der Waals surface area contributed by atoms with E-state index < -0.39 is 12.3 Å². The van der Waals surface area contributed by atoms with E-state index in [2.05, 4.69) is 0 Å². The Morgan fingerprint density at radius 2 is 1.67 bits per heavy atom. The van der Waals surface area contributed by atoms with E-state index in [4.69, 9.17) is 4.74 Å². The summed E-state index contributed by atoms with van der Waals surface area (Å²) in [7, 11) is 0. The molecule has 0 amide bonds. The zero-order chi connectivity index (χ0) is 14.8. The lowest BCUT2D eigenvalue weighted by molar-refractivity contribution is -0.150. The van der Waals surface area contributed by atoms with Crippen LogP contribution in [0.2, 0.25) is 0 Å². The summed E-state index contributed by atoms with van der Waals surface area (Å²) in [6.07, 6.45) is -0.786. The summed E-state index contributed by atoms with van der Waals surface area (Å²) in [4.78, 5) is 12.0. The third kappa shape index (κ3) is 2.66. The fraction of sp³-hybridized carbons (Fsp3) is 0.118. The highest BCUT2D eigenvalue weighted by Gasteiger charge is 2.33. The molecule has 0 aromatic heterocycles.